The fourth-order valence-electron chi connectivity index (χ4n) is 1.00. The molecular weight excluding hydrogens is 312 g/mol. The predicted molar refractivity (Wildman–Crippen MR) is 73.5 cm³/mol. The predicted octanol–water partition coefficient (Wildman–Crippen LogP) is 0.604. The Hall–Kier alpha value is -0.186. The van der Waals surface area contributed by atoms with Gasteiger partial charge in [0.05, 0.1) is 0 Å². The maximum Gasteiger partial charge on any atom is 0.232 e. The zero-order chi connectivity index (χ0) is 12.3. The van der Waals surface area contributed by atoms with Crippen molar-refractivity contribution >= 4 is 31.8 Å². The van der Waals surface area contributed by atoms with Crippen molar-refractivity contribution < 1.29 is 32.7 Å². The summed E-state index contributed by atoms with van der Waals surface area (Å²) in [5, 5.41) is 3.17. The SMILES string of the molecule is C=[PH](C)Nc1nc(N(C)C)nc(N(C)C)n1.[Y]. The average molecular weight is 331 g/mol. The van der Waals surface area contributed by atoms with E-state index in [0.29, 0.717) is 17.8 Å². The van der Waals surface area contributed by atoms with E-state index in [9.17, 15) is 0 Å². The van der Waals surface area contributed by atoms with Gasteiger partial charge in [-0.15, -0.1) is 0 Å². The Labute approximate surface area is 129 Å². The topological polar surface area (TPSA) is 57.2 Å². The second-order valence-corrected chi connectivity index (χ2v) is 5.76. The maximum atomic E-state index is 4.32. The molecule has 0 saturated carbocycles. The van der Waals surface area contributed by atoms with Crippen LogP contribution in [0.15, 0.2) is 0 Å². The van der Waals surface area contributed by atoms with Gasteiger partial charge in [0.1, 0.15) is 0 Å². The van der Waals surface area contributed by atoms with Crippen molar-refractivity contribution in [2.24, 2.45) is 0 Å². The number of aromatic nitrogens is 3. The molecule has 0 saturated heterocycles. The van der Waals surface area contributed by atoms with Crippen LogP contribution in [0.3, 0.4) is 0 Å². The number of rotatable bonds is 4. The van der Waals surface area contributed by atoms with Crippen LogP contribution in [-0.2, 0) is 32.7 Å². The van der Waals surface area contributed by atoms with Crippen LogP contribution in [0.25, 0.3) is 0 Å². The van der Waals surface area contributed by atoms with E-state index >= 15 is 0 Å². The minimum atomic E-state index is -0.860. The van der Waals surface area contributed by atoms with Crippen molar-refractivity contribution in [2.75, 3.05) is 49.7 Å². The van der Waals surface area contributed by atoms with Crippen molar-refractivity contribution in [3.8, 4) is 0 Å². The van der Waals surface area contributed by atoms with Gasteiger partial charge in [0.2, 0.25) is 17.8 Å². The largest absolute Gasteiger partial charge is 0.347 e. The molecule has 0 aliphatic rings. The summed E-state index contributed by atoms with van der Waals surface area (Å²) in [5.74, 6) is 1.88. The van der Waals surface area contributed by atoms with Crippen molar-refractivity contribution in [3.63, 3.8) is 0 Å². The first-order chi connectivity index (χ1) is 7.40. The molecule has 6 nitrogen and oxygen atoms in total. The molecule has 1 unspecified atom stereocenters. The molecule has 0 amide bonds. The van der Waals surface area contributed by atoms with Crippen molar-refractivity contribution in [3.05, 3.63) is 0 Å². The second-order valence-electron chi connectivity index (χ2n) is 3.95. The molecular formula is C9H19N6PY. The molecule has 1 radical (unpaired) electrons. The van der Waals surface area contributed by atoms with Gasteiger partial charge in [0, 0.05) is 60.9 Å². The van der Waals surface area contributed by atoms with E-state index < -0.39 is 7.70 Å². The summed E-state index contributed by atoms with van der Waals surface area (Å²) in [5.41, 5.74) is 0. The zero-order valence-corrected chi connectivity index (χ0v) is 14.9. The first-order valence-electron chi connectivity index (χ1n) is 4.93. The maximum absolute atomic E-state index is 4.32. The summed E-state index contributed by atoms with van der Waals surface area (Å²) < 4.78 is 0. The van der Waals surface area contributed by atoms with E-state index in [1.165, 1.54) is 0 Å². The van der Waals surface area contributed by atoms with Gasteiger partial charge in [-0.2, -0.15) is 15.0 Å². The van der Waals surface area contributed by atoms with Crippen LogP contribution in [0.4, 0.5) is 17.8 Å². The number of hydrogen-bond acceptors (Lipinski definition) is 6. The van der Waals surface area contributed by atoms with Gasteiger partial charge in [-0.05, 0) is 14.4 Å². The molecule has 0 aliphatic heterocycles. The fraction of sp³-hybridized carbons (Fsp3) is 0.556. The van der Waals surface area contributed by atoms with Crippen molar-refractivity contribution in [2.45, 2.75) is 0 Å². The summed E-state index contributed by atoms with van der Waals surface area (Å²) in [6.07, 6.45) is 3.95. The third-order valence-electron chi connectivity index (χ3n) is 1.74. The van der Waals surface area contributed by atoms with Crippen LogP contribution in [0.2, 0.25) is 0 Å². The Morgan fingerprint density at radius 1 is 1.00 bits per heavy atom. The normalized spacial score (nSPS) is 11.4. The Morgan fingerprint density at radius 3 is 1.71 bits per heavy atom. The molecule has 1 aromatic heterocycles. The van der Waals surface area contributed by atoms with E-state index in [4.69, 9.17) is 0 Å². The van der Waals surface area contributed by atoms with E-state index in [-0.39, 0.29) is 32.7 Å². The van der Waals surface area contributed by atoms with E-state index in [1.807, 2.05) is 44.7 Å². The van der Waals surface area contributed by atoms with E-state index in [0.717, 1.165) is 0 Å². The summed E-state index contributed by atoms with van der Waals surface area (Å²) >= 11 is 0. The standard InChI is InChI=1S/C9H19N6P.Y/c1-14(2)8-10-7(13-16(5)6)11-9(12-8)15(3)4;/h16H,5H2,1-4,6H3,(H,10,11,12,13);. The molecule has 0 bridgehead atoms. The van der Waals surface area contributed by atoms with Crippen molar-refractivity contribution in [1.29, 1.82) is 0 Å². The van der Waals surface area contributed by atoms with Gasteiger partial charge in [-0.25, -0.2) is 0 Å². The summed E-state index contributed by atoms with van der Waals surface area (Å²) in [7, 11) is 6.75. The smallest absolute Gasteiger partial charge is 0.232 e. The molecule has 1 heterocycles. The molecule has 0 spiro atoms. The second kappa shape index (κ2) is 7.29. The molecule has 8 heteroatoms. The quantitative estimate of drug-likeness (QED) is 0.816. The monoisotopic (exact) mass is 331 g/mol. The fourth-order valence-corrected chi connectivity index (χ4v) is 1.49. The summed E-state index contributed by atoms with van der Waals surface area (Å²) in [4.78, 5) is 16.6. The molecule has 1 rings (SSSR count). The van der Waals surface area contributed by atoms with Crippen LogP contribution in [-0.4, -0.2) is 56.1 Å². The molecule has 1 atom stereocenters. The van der Waals surface area contributed by atoms with Crippen LogP contribution < -0.4 is 14.9 Å². The third kappa shape index (κ3) is 5.32. The van der Waals surface area contributed by atoms with Crippen molar-refractivity contribution in [1.82, 2.24) is 15.0 Å². The Bertz CT molecular complexity index is 369. The number of nitrogens with zero attached hydrogens (tertiary/aromatic N) is 5. The van der Waals surface area contributed by atoms with Gasteiger partial charge in [-0.1, -0.05) is 6.30 Å². The molecule has 0 fully saturated rings. The number of anilines is 3. The van der Waals surface area contributed by atoms with Gasteiger partial charge < -0.3 is 14.9 Å². The Morgan fingerprint density at radius 2 is 1.41 bits per heavy atom. The Balaban J connectivity index is 0.00000256. The molecule has 0 aliphatic carbocycles. The zero-order valence-electron chi connectivity index (χ0n) is 11.0. The third-order valence-corrected chi connectivity index (χ3v) is 2.39. The van der Waals surface area contributed by atoms with Crippen LogP contribution in [0.1, 0.15) is 0 Å². The molecule has 17 heavy (non-hydrogen) atoms. The van der Waals surface area contributed by atoms with Gasteiger partial charge in [0.15, 0.2) is 0 Å². The average Bonchev–Trinajstić information content (AvgIpc) is 2.15. The molecule has 93 valence electrons. The minimum Gasteiger partial charge on any atom is -0.347 e. The first-order valence-corrected chi connectivity index (χ1v) is 7.14. The summed E-state index contributed by atoms with van der Waals surface area (Å²) in [6, 6.07) is 0. The van der Waals surface area contributed by atoms with Crippen LogP contribution in [0.5, 0.6) is 0 Å². The van der Waals surface area contributed by atoms with Gasteiger partial charge in [0.25, 0.3) is 0 Å². The number of hydrogen-bond donors (Lipinski definition) is 1. The van der Waals surface area contributed by atoms with Gasteiger partial charge in [-0.3, -0.25) is 0 Å². The molecule has 1 aromatic rings. The summed E-state index contributed by atoms with van der Waals surface area (Å²) in [6.45, 7) is 2.04. The molecule has 1 N–H and O–H groups in total. The number of nitrogens with one attached hydrogen (secondary N) is 1. The van der Waals surface area contributed by atoms with Gasteiger partial charge >= 0.3 is 0 Å². The molecule has 0 aromatic carbocycles. The van der Waals surface area contributed by atoms with E-state index in [1.54, 1.807) is 0 Å². The minimum absolute atomic E-state index is 0. The van der Waals surface area contributed by atoms with E-state index in [2.05, 4.69) is 26.3 Å². The first kappa shape index (κ1) is 16.8. The van der Waals surface area contributed by atoms with Crippen LogP contribution >= 0.6 is 7.70 Å². The van der Waals surface area contributed by atoms with Crippen LogP contribution in [0, 0.1) is 0 Å². The Kier molecular flexibility index (Phi) is 7.21.